The van der Waals surface area contributed by atoms with E-state index in [2.05, 4.69) is 10.1 Å². The number of piperazine rings is 1. The van der Waals surface area contributed by atoms with Crippen molar-refractivity contribution in [1.82, 2.24) is 15.1 Å². The van der Waals surface area contributed by atoms with Gasteiger partial charge in [0.05, 0.1) is 20.2 Å². The van der Waals surface area contributed by atoms with Crippen molar-refractivity contribution in [2.24, 2.45) is 5.73 Å². The Hall–Kier alpha value is -1.83. The Bertz CT molecular complexity index is 326. The van der Waals surface area contributed by atoms with E-state index in [-0.39, 0.29) is 24.9 Å². The maximum absolute atomic E-state index is 11.7. The van der Waals surface area contributed by atoms with E-state index >= 15 is 0 Å². The summed E-state index contributed by atoms with van der Waals surface area (Å²) in [5.74, 6) is -0.544. The summed E-state index contributed by atoms with van der Waals surface area (Å²) < 4.78 is 4.59. The zero-order valence-corrected chi connectivity index (χ0v) is 10.3. The molecule has 18 heavy (non-hydrogen) atoms. The zero-order valence-electron chi connectivity index (χ0n) is 10.3. The lowest BCUT2D eigenvalue weighted by Gasteiger charge is -2.33. The summed E-state index contributed by atoms with van der Waals surface area (Å²) in [4.78, 5) is 37.0. The van der Waals surface area contributed by atoms with Gasteiger partial charge in [0.25, 0.3) is 0 Å². The number of hydrogen-bond donors (Lipinski definition) is 2. The van der Waals surface area contributed by atoms with Crippen LogP contribution in [0.5, 0.6) is 0 Å². The molecular weight excluding hydrogens is 240 g/mol. The van der Waals surface area contributed by atoms with Gasteiger partial charge in [-0.05, 0) is 0 Å². The highest BCUT2D eigenvalue weighted by Gasteiger charge is 2.24. The zero-order chi connectivity index (χ0) is 13.5. The molecule has 1 aliphatic rings. The molecule has 3 N–H and O–H groups in total. The van der Waals surface area contributed by atoms with Crippen molar-refractivity contribution in [3.05, 3.63) is 0 Å². The Labute approximate surface area is 105 Å². The number of rotatable bonds is 3. The molecule has 0 atom stereocenters. The van der Waals surface area contributed by atoms with E-state index in [4.69, 9.17) is 5.73 Å². The number of methoxy groups -OCH3 is 1. The van der Waals surface area contributed by atoms with Crippen LogP contribution in [-0.2, 0) is 14.3 Å². The van der Waals surface area contributed by atoms with E-state index in [0.29, 0.717) is 26.2 Å². The standard InChI is InChI=1S/C10H18N4O4/c1-18-10(17)14-4-2-13(3-5-14)9(16)7-12-8(15)6-11/h2-7,11H2,1H3,(H,12,15). The van der Waals surface area contributed by atoms with Gasteiger partial charge in [0.15, 0.2) is 0 Å². The fourth-order valence-corrected chi connectivity index (χ4v) is 1.63. The predicted octanol–water partition coefficient (Wildman–Crippen LogP) is -2.03. The third kappa shape index (κ3) is 3.88. The van der Waals surface area contributed by atoms with Crippen LogP contribution in [0.3, 0.4) is 0 Å². The number of amides is 3. The molecule has 8 nitrogen and oxygen atoms in total. The van der Waals surface area contributed by atoms with Gasteiger partial charge in [0, 0.05) is 26.2 Å². The fraction of sp³-hybridized carbons (Fsp3) is 0.700. The van der Waals surface area contributed by atoms with Crippen molar-refractivity contribution in [3.63, 3.8) is 0 Å². The molecule has 0 aliphatic carbocycles. The van der Waals surface area contributed by atoms with Crippen molar-refractivity contribution >= 4 is 17.9 Å². The van der Waals surface area contributed by atoms with E-state index in [9.17, 15) is 14.4 Å². The van der Waals surface area contributed by atoms with Crippen molar-refractivity contribution in [2.45, 2.75) is 0 Å². The minimum atomic E-state index is -0.390. The molecule has 1 saturated heterocycles. The molecular formula is C10H18N4O4. The van der Waals surface area contributed by atoms with Crippen LogP contribution >= 0.6 is 0 Å². The lowest BCUT2D eigenvalue weighted by atomic mass is 10.3. The van der Waals surface area contributed by atoms with E-state index in [1.54, 1.807) is 4.90 Å². The topological polar surface area (TPSA) is 105 Å². The molecule has 102 valence electrons. The molecule has 0 unspecified atom stereocenters. The lowest BCUT2D eigenvalue weighted by molar-refractivity contribution is -0.133. The Kier molecular flexibility index (Phi) is 5.37. The summed E-state index contributed by atoms with van der Waals surface area (Å²) >= 11 is 0. The quantitative estimate of drug-likeness (QED) is 0.607. The van der Waals surface area contributed by atoms with Crippen LogP contribution in [0.1, 0.15) is 0 Å². The maximum atomic E-state index is 11.7. The molecule has 3 amide bonds. The van der Waals surface area contributed by atoms with Gasteiger partial charge in [-0.25, -0.2) is 4.79 Å². The van der Waals surface area contributed by atoms with Crippen LogP contribution in [0.2, 0.25) is 0 Å². The smallest absolute Gasteiger partial charge is 0.409 e. The van der Waals surface area contributed by atoms with E-state index in [1.165, 1.54) is 12.0 Å². The first-order chi connectivity index (χ1) is 8.58. The second-order valence-corrected chi connectivity index (χ2v) is 3.82. The van der Waals surface area contributed by atoms with Gasteiger partial charge < -0.3 is 25.6 Å². The monoisotopic (exact) mass is 258 g/mol. The molecule has 0 aromatic heterocycles. The fourth-order valence-electron chi connectivity index (χ4n) is 1.63. The van der Waals surface area contributed by atoms with Gasteiger partial charge in [-0.3, -0.25) is 9.59 Å². The Balaban J connectivity index is 2.31. The molecule has 0 radical (unpaired) electrons. The summed E-state index contributed by atoms with van der Waals surface area (Å²) in [6.07, 6.45) is -0.390. The van der Waals surface area contributed by atoms with Gasteiger partial charge in [-0.1, -0.05) is 0 Å². The molecule has 0 bridgehead atoms. The van der Waals surface area contributed by atoms with Crippen molar-refractivity contribution in [1.29, 1.82) is 0 Å². The van der Waals surface area contributed by atoms with Gasteiger partial charge in [-0.15, -0.1) is 0 Å². The van der Waals surface area contributed by atoms with E-state index in [1.807, 2.05) is 0 Å². The first kappa shape index (κ1) is 14.2. The molecule has 1 fully saturated rings. The van der Waals surface area contributed by atoms with Crippen LogP contribution < -0.4 is 11.1 Å². The highest BCUT2D eigenvalue weighted by atomic mass is 16.5. The largest absolute Gasteiger partial charge is 0.453 e. The SMILES string of the molecule is COC(=O)N1CCN(C(=O)CNC(=O)CN)CC1. The van der Waals surface area contributed by atoms with Crippen LogP contribution in [0.15, 0.2) is 0 Å². The summed E-state index contributed by atoms with van der Waals surface area (Å²) in [6.45, 7) is 1.54. The second-order valence-electron chi connectivity index (χ2n) is 3.82. The Morgan fingerprint density at radius 3 is 2.22 bits per heavy atom. The minimum Gasteiger partial charge on any atom is -0.453 e. The number of carbonyl (C=O) groups is 3. The van der Waals surface area contributed by atoms with Crippen molar-refractivity contribution in [2.75, 3.05) is 46.4 Å². The highest BCUT2D eigenvalue weighted by Crippen LogP contribution is 2.03. The molecule has 1 aliphatic heterocycles. The van der Waals surface area contributed by atoms with Crippen molar-refractivity contribution < 1.29 is 19.1 Å². The Morgan fingerprint density at radius 1 is 1.17 bits per heavy atom. The first-order valence-electron chi connectivity index (χ1n) is 5.66. The average molecular weight is 258 g/mol. The summed E-state index contributed by atoms with van der Waals surface area (Å²) in [5, 5.41) is 2.41. The van der Waals surface area contributed by atoms with Crippen LogP contribution in [0.4, 0.5) is 4.79 Å². The predicted molar refractivity (Wildman–Crippen MR) is 62.6 cm³/mol. The van der Waals surface area contributed by atoms with Gasteiger partial charge >= 0.3 is 6.09 Å². The molecule has 0 spiro atoms. The summed E-state index contributed by atoms with van der Waals surface area (Å²) in [6, 6.07) is 0. The van der Waals surface area contributed by atoms with Crippen molar-refractivity contribution in [3.8, 4) is 0 Å². The lowest BCUT2D eigenvalue weighted by Crippen LogP contribution is -2.52. The number of carbonyl (C=O) groups excluding carboxylic acids is 3. The summed E-state index contributed by atoms with van der Waals surface area (Å²) in [5.41, 5.74) is 5.11. The molecule has 1 heterocycles. The third-order valence-corrected chi connectivity index (χ3v) is 2.69. The van der Waals surface area contributed by atoms with Gasteiger partial charge in [-0.2, -0.15) is 0 Å². The van der Waals surface area contributed by atoms with Crippen LogP contribution in [0.25, 0.3) is 0 Å². The number of hydrogen-bond acceptors (Lipinski definition) is 5. The number of nitrogens with two attached hydrogens (primary N) is 1. The number of nitrogens with zero attached hydrogens (tertiary/aromatic N) is 2. The molecule has 0 saturated carbocycles. The third-order valence-electron chi connectivity index (χ3n) is 2.69. The summed E-state index contributed by atoms with van der Waals surface area (Å²) in [7, 11) is 1.32. The Morgan fingerprint density at radius 2 is 1.72 bits per heavy atom. The highest BCUT2D eigenvalue weighted by molar-refractivity contribution is 5.85. The molecule has 8 heteroatoms. The number of ether oxygens (including phenoxy) is 1. The van der Waals surface area contributed by atoms with Crippen LogP contribution in [-0.4, -0.2) is 74.1 Å². The average Bonchev–Trinajstić information content (AvgIpc) is 2.43. The molecule has 0 aromatic rings. The van der Waals surface area contributed by atoms with Gasteiger partial charge in [0.2, 0.25) is 11.8 Å². The maximum Gasteiger partial charge on any atom is 0.409 e. The molecule has 0 aromatic carbocycles. The normalized spacial score (nSPS) is 15.2. The van der Waals surface area contributed by atoms with E-state index in [0.717, 1.165) is 0 Å². The van der Waals surface area contributed by atoms with Crippen LogP contribution in [0, 0.1) is 0 Å². The second kappa shape index (κ2) is 6.80. The minimum absolute atomic E-state index is 0.0613. The van der Waals surface area contributed by atoms with Gasteiger partial charge in [0.1, 0.15) is 0 Å². The van der Waals surface area contributed by atoms with E-state index < -0.39 is 6.09 Å². The molecule has 1 rings (SSSR count). The number of nitrogens with one attached hydrogen (secondary N) is 1. The first-order valence-corrected chi connectivity index (χ1v) is 5.66.